The Morgan fingerprint density at radius 2 is 1.71 bits per heavy atom. The number of hydrogen-bond acceptors (Lipinski definition) is 4. The lowest BCUT2D eigenvalue weighted by Gasteiger charge is -2.11. The predicted molar refractivity (Wildman–Crippen MR) is 89.1 cm³/mol. The van der Waals surface area contributed by atoms with Gasteiger partial charge in [-0.05, 0) is 36.4 Å². The van der Waals surface area contributed by atoms with Crippen LogP contribution in [-0.2, 0) is 0 Å². The van der Waals surface area contributed by atoms with Crippen molar-refractivity contribution in [2.75, 3.05) is 14.2 Å². The predicted octanol–water partition coefficient (Wildman–Crippen LogP) is 3.25. The van der Waals surface area contributed by atoms with Gasteiger partial charge in [-0.1, -0.05) is 18.2 Å². The van der Waals surface area contributed by atoms with E-state index in [1.54, 1.807) is 31.0 Å². The second-order valence-electron chi connectivity index (χ2n) is 5.04. The molecule has 0 atom stereocenters. The Hall–Kier alpha value is -3.28. The SMILES string of the molecule is COc1ccc(-c2cc(C(=O)O)nn2-c2ccccc2)cc1OC. The molecule has 3 rings (SSSR count). The normalized spacial score (nSPS) is 10.4. The Kier molecular flexibility index (Phi) is 4.20. The molecule has 1 aromatic heterocycles. The highest BCUT2D eigenvalue weighted by molar-refractivity contribution is 5.87. The molecule has 122 valence electrons. The van der Waals surface area contributed by atoms with Crippen LogP contribution in [0.1, 0.15) is 10.5 Å². The molecule has 3 aromatic rings. The first-order chi connectivity index (χ1) is 11.6. The number of aromatic nitrogens is 2. The number of rotatable bonds is 5. The molecule has 0 saturated carbocycles. The van der Waals surface area contributed by atoms with Crippen molar-refractivity contribution in [3.05, 3.63) is 60.3 Å². The Morgan fingerprint density at radius 3 is 2.33 bits per heavy atom. The molecule has 0 saturated heterocycles. The fraction of sp³-hybridized carbons (Fsp3) is 0.111. The highest BCUT2D eigenvalue weighted by atomic mass is 16.5. The average Bonchev–Trinajstić information content (AvgIpc) is 3.07. The minimum atomic E-state index is -1.08. The number of carboxylic acids is 1. The van der Waals surface area contributed by atoms with Crippen LogP contribution in [0.25, 0.3) is 16.9 Å². The van der Waals surface area contributed by atoms with Crippen LogP contribution >= 0.6 is 0 Å². The molecule has 1 N–H and O–H groups in total. The summed E-state index contributed by atoms with van der Waals surface area (Å²) in [6, 6.07) is 16.3. The third kappa shape index (κ3) is 2.81. The van der Waals surface area contributed by atoms with E-state index in [2.05, 4.69) is 5.10 Å². The number of nitrogens with zero attached hydrogens (tertiary/aromatic N) is 2. The molecule has 0 aliphatic carbocycles. The van der Waals surface area contributed by atoms with Crippen molar-refractivity contribution < 1.29 is 19.4 Å². The van der Waals surface area contributed by atoms with Gasteiger partial charge in [-0.15, -0.1) is 0 Å². The molecular formula is C18H16N2O4. The number of ether oxygens (including phenoxy) is 2. The van der Waals surface area contributed by atoms with Gasteiger partial charge in [-0.3, -0.25) is 0 Å². The van der Waals surface area contributed by atoms with E-state index >= 15 is 0 Å². The molecule has 0 unspecified atom stereocenters. The summed E-state index contributed by atoms with van der Waals surface area (Å²) < 4.78 is 12.2. The quantitative estimate of drug-likeness (QED) is 0.780. The summed E-state index contributed by atoms with van der Waals surface area (Å²) in [4.78, 5) is 11.3. The van der Waals surface area contributed by atoms with Gasteiger partial charge in [0.2, 0.25) is 0 Å². The molecule has 6 nitrogen and oxygen atoms in total. The molecule has 0 radical (unpaired) electrons. The molecule has 6 heteroatoms. The summed E-state index contributed by atoms with van der Waals surface area (Å²) in [7, 11) is 3.12. The van der Waals surface area contributed by atoms with E-state index < -0.39 is 5.97 Å². The van der Waals surface area contributed by atoms with Crippen LogP contribution in [0.3, 0.4) is 0 Å². The lowest BCUT2D eigenvalue weighted by atomic mass is 10.1. The molecule has 1 heterocycles. The fourth-order valence-electron chi connectivity index (χ4n) is 2.45. The van der Waals surface area contributed by atoms with Crippen LogP contribution in [0.2, 0.25) is 0 Å². The number of methoxy groups -OCH3 is 2. The van der Waals surface area contributed by atoms with Gasteiger partial charge in [0.15, 0.2) is 17.2 Å². The van der Waals surface area contributed by atoms with Crippen molar-refractivity contribution in [1.29, 1.82) is 0 Å². The standard InChI is InChI=1S/C18H16N2O4/c1-23-16-9-8-12(10-17(16)24-2)15-11-14(18(21)22)19-20(15)13-6-4-3-5-7-13/h3-11H,1-2H3,(H,21,22). The fourth-order valence-corrected chi connectivity index (χ4v) is 2.45. The summed E-state index contributed by atoms with van der Waals surface area (Å²) in [5.41, 5.74) is 2.18. The highest BCUT2D eigenvalue weighted by Gasteiger charge is 2.17. The van der Waals surface area contributed by atoms with Gasteiger partial charge in [0.1, 0.15) is 0 Å². The topological polar surface area (TPSA) is 73.6 Å². The summed E-state index contributed by atoms with van der Waals surface area (Å²) in [5, 5.41) is 13.5. The average molecular weight is 324 g/mol. The van der Waals surface area contributed by atoms with Gasteiger partial charge in [-0.2, -0.15) is 5.10 Å². The maximum Gasteiger partial charge on any atom is 0.356 e. The van der Waals surface area contributed by atoms with Crippen LogP contribution in [0.15, 0.2) is 54.6 Å². The Morgan fingerprint density at radius 1 is 1.00 bits per heavy atom. The van der Waals surface area contributed by atoms with Gasteiger partial charge in [0, 0.05) is 5.56 Å². The smallest absolute Gasteiger partial charge is 0.356 e. The first kappa shape index (κ1) is 15.6. The van der Waals surface area contributed by atoms with Crippen LogP contribution < -0.4 is 9.47 Å². The molecule has 0 bridgehead atoms. The zero-order valence-electron chi connectivity index (χ0n) is 13.3. The molecule has 0 amide bonds. The third-order valence-corrected chi connectivity index (χ3v) is 3.61. The number of hydrogen-bond donors (Lipinski definition) is 1. The van der Waals surface area contributed by atoms with Gasteiger partial charge < -0.3 is 14.6 Å². The van der Waals surface area contributed by atoms with Crippen LogP contribution in [0.5, 0.6) is 11.5 Å². The summed E-state index contributed by atoms with van der Waals surface area (Å²) >= 11 is 0. The number of para-hydroxylation sites is 1. The van der Waals surface area contributed by atoms with E-state index in [0.717, 1.165) is 11.3 Å². The number of carbonyl (C=O) groups is 1. The molecule has 0 aliphatic heterocycles. The van der Waals surface area contributed by atoms with Gasteiger partial charge in [-0.25, -0.2) is 9.48 Å². The summed E-state index contributed by atoms with van der Waals surface area (Å²) in [6.45, 7) is 0. The first-order valence-corrected chi connectivity index (χ1v) is 7.25. The maximum atomic E-state index is 11.3. The first-order valence-electron chi connectivity index (χ1n) is 7.25. The summed E-state index contributed by atoms with van der Waals surface area (Å²) in [5.74, 6) is 0.0876. The zero-order chi connectivity index (χ0) is 17.1. The largest absolute Gasteiger partial charge is 0.493 e. The van der Waals surface area contributed by atoms with Crippen LogP contribution in [0, 0.1) is 0 Å². The van der Waals surface area contributed by atoms with E-state index in [1.165, 1.54) is 6.07 Å². The van der Waals surface area contributed by atoms with Crippen molar-refractivity contribution >= 4 is 5.97 Å². The van der Waals surface area contributed by atoms with E-state index in [0.29, 0.717) is 17.2 Å². The second-order valence-corrected chi connectivity index (χ2v) is 5.04. The maximum absolute atomic E-state index is 11.3. The number of carboxylic acid groups (broad SMARTS) is 1. The van der Waals surface area contributed by atoms with E-state index in [4.69, 9.17) is 9.47 Å². The minimum absolute atomic E-state index is 0.0244. The molecule has 2 aromatic carbocycles. The van der Waals surface area contributed by atoms with Gasteiger partial charge >= 0.3 is 5.97 Å². The number of benzene rings is 2. The molecule has 24 heavy (non-hydrogen) atoms. The Bertz CT molecular complexity index is 872. The molecule has 0 spiro atoms. The van der Waals surface area contributed by atoms with E-state index in [1.807, 2.05) is 36.4 Å². The van der Waals surface area contributed by atoms with Gasteiger partial charge in [0.25, 0.3) is 0 Å². The zero-order valence-corrected chi connectivity index (χ0v) is 13.3. The van der Waals surface area contributed by atoms with Gasteiger partial charge in [0.05, 0.1) is 25.6 Å². The third-order valence-electron chi connectivity index (χ3n) is 3.61. The lowest BCUT2D eigenvalue weighted by Crippen LogP contribution is -2.02. The second kappa shape index (κ2) is 6.45. The molecular weight excluding hydrogens is 308 g/mol. The van der Waals surface area contributed by atoms with Crippen LogP contribution in [-0.4, -0.2) is 35.1 Å². The monoisotopic (exact) mass is 324 g/mol. The van der Waals surface area contributed by atoms with Crippen LogP contribution in [0.4, 0.5) is 0 Å². The molecule has 0 fully saturated rings. The van der Waals surface area contributed by atoms with E-state index in [-0.39, 0.29) is 5.69 Å². The van der Waals surface area contributed by atoms with Crippen molar-refractivity contribution in [3.8, 4) is 28.4 Å². The summed E-state index contributed by atoms with van der Waals surface area (Å²) in [6.07, 6.45) is 0. The minimum Gasteiger partial charge on any atom is -0.493 e. The number of aromatic carboxylic acids is 1. The Labute approximate surface area is 138 Å². The van der Waals surface area contributed by atoms with Crippen molar-refractivity contribution in [3.63, 3.8) is 0 Å². The van der Waals surface area contributed by atoms with Crippen molar-refractivity contribution in [1.82, 2.24) is 9.78 Å². The highest BCUT2D eigenvalue weighted by Crippen LogP contribution is 2.33. The van der Waals surface area contributed by atoms with E-state index in [9.17, 15) is 9.90 Å². The van der Waals surface area contributed by atoms with Crippen molar-refractivity contribution in [2.45, 2.75) is 0 Å². The lowest BCUT2D eigenvalue weighted by molar-refractivity contribution is 0.0690. The molecule has 0 aliphatic rings. The van der Waals surface area contributed by atoms with Crippen molar-refractivity contribution in [2.24, 2.45) is 0 Å². The Balaban J connectivity index is 2.18.